The number of likely N-dealkylation sites (tertiary alicyclic amines) is 1. The summed E-state index contributed by atoms with van der Waals surface area (Å²) in [5.41, 5.74) is 0.896. The van der Waals surface area contributed by atoms with Crippen LogP contribution in [0.3, 0.4) is 0 Å². The van der Waals surface area contributed by atoms with Gasteiger partial charge in [-0.15, -0.1) is 11.3 Å². The second-order valence-corrected chi connectivity index (χ2v) is 7.46. The van der Waals surface area contributed by atoms with Gasteiger partial charge in [0.15, 0.2) is 0 Å². The number of hydrogen-bond donors (Lipinski definition) is 1. The van der Waals surface area contributed by atoms with Gasteiger partial charge in [0.1, 0.15) is 18.1 Å². The van der Waals surface area contributed by atoms with E-state index < -0.39 is 11.9 Å². The van der Waals surface area contributed by atoms with Crippen molar-refractivity contribution in [2.75, 3.05) is 33.4 Å². The molecule has 1 N–H and O–H groups in total. The summed E-state index contributed by atoms with van der Waals surface area (Å²) in [6.07, 6.45) is 2.91. The molecule has 2 heterocycles. The molecule has 1 aliphatic rings. The van der Waals surface area contributed by atoms with E-state index in [1.54, 1.807) is 7.11 Å². The van der Waals surface area contributed by atoms with Crippen molar-refractivity contribution in [1.29, 1.82) is 0 Å². The van der Waals surface area contributed by atoms with Crippen LogP contribution < -0.4 is 9.47 Å². The van der Waals surface area contributed by atoms with Crippen molar-refractivity contribution in [3.05, 3.63) is 46.2 Å². The lowest BCUT2D eigenvalue weighted by Gasteiger charge is -2.18. The maximum absolute atomic E-state index is 11.8. The zero-order chi connectivity index (χ0) is 18.4. The topological polar surface area (TPSA) is 59.0 Å². The molecule has 140 valence electrons. The first-order valence-electron chi connectivity index (χ1n) is 8.95. The normalized spacial score (nSPS) is 15.7. The Morgan fingerprint density at radius 3 is 2.77 bits per heavy atom. The fraction of sp³-hybridized carbons (Fsp3) is 0.450. The van der Waals surface area contributed by atoms with Crippen LogP contribution in [-0.4, -0.2) is 49.3 Å². The molecule has 1 aliphatic heterocycles. The van der Waals surface area contributed by atoms with Gasteiger partial charge in [-0.3, -0.25) is 9.69 Å². The third-order valence-electron chi connectivity index (χ3n) is 4.75. The predicted molar refractivity (Wildman–Crippen MR) is 103 cm³/mol. The van der Waals surface area contributed by atoms with Crippen LogP contribution in [0.2, 0.25) is 0 Å². The lowest BCUT2D eigenvalue weighted by Crippen LogP contribution is -2.25. The van der Waals surface area contributed by atoms with Crippen molar-refractivity contribution in [3.63, 3.8) is 0 Å². The molecule has 0 amide bonds. The third-order valence-corrected chi connectivity index (χ3v) is 5.73. The SMILES string of the molecule is COc1ccc(CC(C(=O)O)c2cccs2)c(OCCN2CCCC2)c1. The zero-order valence-electron chi connectivity index (χ0n) is 15.0. The number of carbonyl (C=O) groups is 1. The van der Waals surface area contributed by atoms with Crippen molar-refractivity contribution in [2.24, 2.45) is 0 Å². The molecule has 26 heavy (non-hydrogen) atoms. The van der Waals surface area contributed by atoms with Gasteiger partial charge in [0.2, 0.25) is 0 Å². The first kappa shape index (κ1) is 18.7. The highest BCUT2D eigenvalue weighted by Gasteiger charge is 2.23. The van der Waals surface area contributed by atoms with Gasteiger partial charge in [-0.2, -0.15) is 0 Å². The highest BCUT2D eigenvalue weighted by atomic mass is 32.1. The fourth-order valence-corrected chi connectivity index (χ4v) is 4.09. The van der Waals surface area contributed by atoms with Gasteiger partial charge in [-0.25, -0.2) is 0 Å². The van der Waals surface area contributed by atoms with Gasteiger partial charge >= 0.3 is 5.97 Å². The Kier molecular flexibility index (Phi) is 6.52. The second-order valence-electron chi connectivity index (χ2n) is 6.48. The Hall–Kier alpha value is -2.05. The highest BCUT2D eigenvalue weighted by Crippen LogP contribution is 2.32. The van der Waals surface area contributed by atoms with Gasteiger partial charge in [0.05, 0.1) is 13.0 Å². The number of benzene rings is 1. The number of nitrogens with zero attached hydrogens (tertiary/aromatic N) is 1. The summed E-state index contributed by atoms with van der Waals surface area (Å²) in [5.74, 6) is 0.0508. The van der Waals surface area contributed by atoms with E-state index in [1.807, 2.05) is 35.7 Å². The van der Waals surface area contributed by atoms with Gasteiger partial charge in [0.25, 0.3) is 0 Å². The van der Waals surface area contributed by atoms with Crippen LogP contribution in [-0.2, 0) is 11.2 Å². The lowest BCUT2D eigenvalue weighted by atomic mass is 9.97. The van der Waals surface area contributed by atoms with Crippen LogP contribution in [0.15, 0.2) is 35.7 Å². The van der Waals surface area contributed by atoms with E-state index in [-0.39, 0.29) is 0 Å². The van der Waals surface area contributed by atoms with E-state index in [4.69, 9.17) is 9.47 Å². The van der Waals surface area contributed by atoms with Crippen LogP contribution >= 0.6 is 11.3 Å². The predicted octanol–water partition coefficient (Wildman–Crippen LogP) is 3.64. The summed E-state index contributed by atoms with van der Waals surface area (Å²) < 4.78 is 11.3. The number of ether oxygens (including phenoxy) is 2. The molecule has 2 aromatic rings. The fourth-order valence-electron chi connectivity index (χ4n) is 3.27. The maximum atomic E-state index is 11.8. The van der Waals surface area contributed by atoms with Crippen LogP contribution in [0.1, 0.15) is 29.2 Å². The van der Waals surface area contributed by atoms with E-state index in [9.17, 15) is 9.90 Å². The third kappa shape index (κ3) is 4.77. The Bertz CT molecular complexity index is 711. The van der Waals surface area contributed by atoms with Crippen LogP contribution in [0, 0.1) is 0 Å². The minimum Gasteiger partial charge on any atom is -0.497 e. The molecule has 0 aliphatic carbocycles. The lowest BCUT2D eigenvalue weighted by molar-refractivity contribution is -0.138. The number of aliphatic carboxylic acids is 1. The molecule has 0 saturated carbocycles. The molecule has 3 rings (SSSR count). The zero-order valence-corrected chi connectivity index (χ0v) is 15.8. The summed E-state index contributed by atoms with van der Waals surface area (Å²) in [4.78, 5) is 15.0. The first-order chi connectivity index (χ1) is 12.7. The summed E-state index contributed by atoms with van der Waals surface area (Å²) in [5, 5.41) is 11.6. The molecule has 1 unspecified atom stereocenters. The molecule has 1 fully saturated rings. The summed E-state index contributed by atoms with van der Waals surface area (Å²) in [7, 11) is 1.62. The molecule has 1 atom stereocenters. The average molecular weight is 375 g/mol. The summed E-state index contributed by atoms with van der Waals surface area (Å²) in [6, 6.07) is 9.38. The van der Waals surface area contributed by atoms with E-state index in [0.29, 0.717) is 24.5 Å². The number of thiophene rings is 1. The molecule has 6 heteroatoms. The van der Waals surface area contributed by atoms with E-state index in [1.165, 1.54) is 24.2 Å². The highest BCUT2D eigenvalue weighted by molar-refractivity contribution is 7.10. The van der Waals surface area contributed by atoms with E-state index in [0.717, 1.165) is 30.1 Å². The molecule has 0 spiro atoms. The molecular weight excluding hydrogens is 350 g/mol. The molecule has 5 nitrogen and oxygen atoms in total. The summed E-state index contributed by atoms with van der Waals surface area (Å²) in [6.45, 7) is 3.75. The largest absolute Gasteiger partial charge is 0.497 e. The molecule has 1 saturated heterocycles. The number of methoxy groups -OCH3 is 1. The smallest absolute Gasteiger partial charge is 0.312 e. The molecule has 1 aromatic carbocycles. The minimum absolute atomic E-state index is 0.402. The van der Waals surface area contributed by atoms with Gasteiger partial charge < -0.3 is 14.6 Å². The van der Waals surface area contributed by atoms with Crippen molar-refractivity contribution in [1.82, 2.24) is 4.90 Å². The Labute approximate surface area is 158 Å². The van der Waals surface area contributed by atoms with E-state index >= 15 is 0 Å². The molecule has 0 radical (unpaired) electrons. The van der Waals surface area contributed by atoms with Gasteiger partial charge in [-0.05, 0) is 55.4 Å². The standard InChI is InChI=1S/C20H25NO4S/c1-24-16-7-6-15(13-17(20(22)23)19-5-4-12-26-19)18(14-16)25-11-10-21-8-2-3-9-21/h4-7,12,14,17H,2-3,8-11,13H2,1H3,(H,22,23). The molecule has 0 bridgehead atoms. The van der Waals surface area contributed by atoms with Crippen molar-refractivity contribution >= 4 is 17.3 Å². The Balaban J connectivity index is 1.73. The van der Waals surface area contributed by atoms with Crippen LogP contribution in [0.4, 0.5) is 0 Å². The summed E-state index contributed by atoms with van der Waals surface area (Å²) >= 11 is 1.47. The van der Waals surface area contributed by atoms with Crippen LogP contribution in [0.25, 0.3) is 0 Å². The number of carboxylic acids is 1. The van der Waals surface area contributed by atoms with Gasteiger partial charge in [0, 0.05) is 17.5 Å². The molecule has 1 aromatic heterocycles. The Morgan fingerprint density at radius 1 is 1.31 bits per heavy atom. The van der Waals surface area contributed by atoms with Crippen LogP contribution in [0.5, 0.6) is 11.5 Å². The second kappa shape index (κ2) is 9.05. The number of rotatable bonds is 9. The van der Waals surface area contributed by atoms with Crippen molar-refractivity contribution in [3.8, 4) is 11.5 Å². The van der Waals surface area contributed by atoms with E-state index in [2.05, 4.69) is 4.90 Å². The van der Waals surface area contributed by atoms with Gasteiger partial charge in [-0.1, -0.05) is 12.1 Å². The van der Waals surface area contributed by atoms with Crippen molar-refractivity contribution < 1.29 is 19.4 Å². The number of carboxylic acid groups (broad SMARTS) is 1. The number of hydrogen-bond acceptors (Lipinski definition) is 5. The average Bonchev–Trinajstić information content (AvgIpc) is 3.34. The monoisotopic (exact) mass is 375 g/mol. The Morgan fingerprint density at radius 2 is 2.12 bits per heavy atom. The molecular formula is C20H25NO4S. The maximum Gasteiger partial charge on any atom is 0.312 e. The minimum atomic E-state index is -0.814. The van der Waals surface area contributed by atoms with Crippen molar-refractivity contribution in [2.45, 2.75) is 25.2 Å². The first-order valence-corrected chi connectivity index (χ1v) is 9.83. The quantitative estimate of drug-likeness (QED) is 0.725.